The van der Waals surface area contributed by atoms with Crippen molar-refractivity contribution in [1.82, 2.24) is 4.98 Å². The molecule has 3 aromatic carbocycles. The molecule has 1 heterocycles. The number of hydrogen-bond acceptors (Lipinski definition) is 6. The first-order valence-corrected chi connectivity index (χ1v) is 10.7. The van der Waals surface area contributed by atoms with Crippen molar-refractivity contribution in [3.63, 3.8) is 0 Å². The predicted molar refractivity (Wildman–Crippen MR) is 126 cm³/mol. The molecule has 0 saturated heterocycles. The van der Waals surface area contributed by atoms with Crippen molar-refractivity contribution in [3.8, 4) is 17.0 Å². The number of hydrogen-bond donors (Lipinski definition) is 1. The summed E-state index contributed by atoms with van der Waals surface area (Å²) < 4.78 is 5.41. The van der Waals surface area contributed by atoms with Gasteiger partial charge in [0.1, 0.15) is 5.75 Å². The van der Waals surface area contributed by atoms with Gasteiger partial charge in [-0.15, -0.1) is 11.3 Å². The highest BCUT2D eigenvalue weighted by Crippen LogP contribution is 2.26. The summed E-state index contributed by atoms with van der Waals surface area (Å²) in [4.78, 5) is 16.7. The molecule has 0 atom stereocenters. The van der Waals surface area contributed by atoms with E-state index in [1.165, 1.54) is 11.3 Å². The third kappa shape index (κ3) is 5.57. The van der Waals surface area contributed by atoms with E-state index in [9.17, 15) is 4.79 Å². The van der Waals surface area contributed by atoms with Crippen molar-refractivity contribution >= 4 is 40.3 Å². The van der Waals surface area contributed by atoms with Crippen LogP contribution in [0.3, 0.4) is 0 Å². The molecular formula is C24H18ClN3O2S. The Morgan fingerprint density at radius 1 is 1.03 bits per heavy atom. The van der Waals surface area contributed by atoms with Gasteiger partial charge in [-0.2, -0.15) is 5.10 Å². The van der Waals surface area contributed by atoms with E-state index in [1.54, 1.807) is 30.5 Å². The molecule has 0 radical (unpaired) electrons. The minimum atomic E-state index is -0.386. The van der Waals surface area contributed by atoms with Crippen LogP contribution in [0.25, 0.3) is 11.3 Å². The van der Waals surface area contributed by atoms with E-state index >= 15 is 0 Å². The zero-order valence-corrected chi connectivity index (χ0v) is 18.2. The Kier molecular flexibility index (Phi) is 6.40. The van der Waals surface area contributed by atoms with Crippen LogP contribution >= 0.6 is 22.9 Å². The van der Waals surface area contributed by atoms with Gasteiger partial charge in [0.05, 0.1) is 17.5 Å². The smallest absolute Gasteiger partial charge is 0.343 e. The van der Waals surface area contributed by atoms with Gasteiger partial charge in [-0.3, -0.25) is 5.43 Å². The van der Waals surface area contributed by atoms with Crippen LogP contribution < -0.4 is 10.2 Å². The molecule has 0 bridgehead atoms. The quantitative estimate of drug-likeness (QED) is 0.160. The molecular weight excluding hydrogens is 430 g/mol. The van der Waals surface area contributed by atoms with Gasteiger partial charge in [0.15, 0.2) is 0 Å². The topological polar surface area (TPSA) is 63.6 Å². The molecule has 0 aliphatic rings. The van der Waals surface area contributed by atoms with Gasteiger partial charge in [0.2, 0.25) is 5.13 Å². The fourth-order valence-corrected chi connectivity index (χ4v) is 3.51. The number of halogens is 1. The van der Waals surface area contributed by atoms with Crippen LogP contribution in [0.1, 0.15) is 21.5 Å². The van der Waals surface area contributed by atoms with Crippen LogP contribution in [0.15, 0.2) is 83.3 Å². The highest BCUT2D eigenvalue weighted by atomic mass is 35.5. The van der Waals surface area contributed by atoms with E-state index < -0.39 is 0 Å². The summed E-state index contributed by atoms with van der Waals surface area (Å²) in [5.41, 5.74) is 7.25. The average Bonchev–Trinajstić information content (AvgIpc) is 3.25. The number of hydrazone groups is 1. The molecule has 31 heavy (non-hydrogen) atoms. The molecule has 154 valence electrons. The lowest BCUT2D eigenvalue weighted by molar-refractivity contribution is 0.0735. The number of esters is 1. The Balaban J connectivity index is 1.33. The summed E-state index contributed by atoms with van der Waals surface area (Å²) >= 11 is 7.39. The average molecular weight is 448 g/mol. The summed E-state index contributed by atoms with van der Waals surface area (Å²) in [6.07, 6.45) is 1.68. The molecule has 0 aliphatic carbocycles. The van der Waals surface area contributed by atoms with Crippen molar-refractivity contribution in [3.05, 3.63) is 99.9 Å². The highest BCUT2D eigenvalue weighted by Gasteiger charge is 2.08. The van der Waals surface area contributed by atoms with Crippen LogP contribution in [0.4, 0.5) is 5.13 Å². The number of carbonyl (C=O) groups is 1. The second-order valence-corrected chi connectivity index (χ2v) is 8.03. The molecule has 1 N–H and O–H groups in total. The molecule has 0 aliphatic heterocycles. The summed E-state index contributed by atoms with van der Waals surface area (Å²) in [5.74, 6) is 0.0894. The van der Waals surface area contributed by atoms with Gasteiger partial charge < -0.3 is 4.74 Å². The maximum Gasteiger partial charge on any atom is 0.343 e. The van der Waals surface area contributed by atoms with Crippen LogP contribution in [0, 0.1) is 6.92 Å². The summed E-state index contributed by atoms with van der Waals surface area (Å²) in [5, 5.41) is 7.56. The number of benzene rings is 3. The Hall–Kier alpha value is -3.48. The largest absolute Gasteiger partial charge is 0.423 e. The number of nitrogens with one attached hydrogen (secondary N) is 1. The Labute approximate surface area is 189 Å². The van der Waals surface area contributed by atoms with E-state index in [-0.39, 0.29) is 5.97 Å². The number of rotatable bonds is 6. The van der Waals surface area contributed by atoms with E-state index in [4.69, 9.17) is 16.3 Å². The molecule has 5 nitrogen and oxygen atoms in total. The summed E-state index contributed by atoms with van der Waals surface area (Å²) in [6, 6.07) is 21.9. The molecule has 4 aromatic rings. The summed E-state index contributed by atoms with van der Waals surface area (Å²) in [6.45, 7) is 1.97. The normalized spacial score (nSPS) is 10.9. The molecule has 1 aromatic heterocycles. The zero-order valence-electron chi connectivity index (χ0n) is 16.6. The number of aromatic nitrogens is 1. The van der Waals surface area contributed by atoms with E-state index in [0.29, 0.717) is 21.5 Å². The number of aryl methyl sites for hydroxylation is 1. The van der Waals surface area contributed by atoms with Gasteiger partial charge in [0.25, 0.3) is 0 Å². The maximum absolute atomic E-state index is 12.2. The van der Waals surface area contributed by atoms with E-state index in [0.717, 1.165) is 22.4 Å². The van der Waals surface area contributed by atoms with E-state index in [2.05, 4.69) is 15.5 Å². The van der Waals surface area contributed by atoms with Crippen molar-refractivity contribution < 1.29 is 9.53 Å². The minimum Gasteiger partial charge on any atom is -0.423 e. The zero-order chi connectivity index (χ0) is 21.6. The number of carbonyl (C=O) groups excluding carboxylic acids is 1. The standard InChI is InChI=1S/C24H18ClN3O2S/c1-16-2-6-19(7-3-16)23(29)30-21-12-4-17(5-13-21)14-26-28-24-27-22(15-31-24)18-8-10-20(25)11-9-18/h2-15H,1H3,(H,27,28)/b26-14-. The second-order valence-electron chi connectivity index (χ2n) is 6.74. The number of thiazole rings is 1. The Morgan fingerprint density at radius 3 is 2.45 bits per heavy atom. The van der Waals surface area contributed by atoms with E-state index in [1.807, 2.05) is 60.8 Å². The Morgan fingerprint density at radius 2 is 1.74 bits per heavy atom. The molecule has 0 amide bonds. The predicted octanol–water partition coefficient (Wildman–Crippen LogP) is 6.44. The fourth-order valence-electron chi connectivity index (χ4n) is 2.72. The first kappa shape index (κ1) is 20.8. The monoisotopic (exact) mass is 447 g/mol. The molecule has 0 fully saturated rings. The lowest BCUT2D eigenvalue weighted by atomic mass is 10.1. The third-order valence-electron chi connectivity index (χ3n) is 4.40. The van der Waals surface area contributed by atoms with Gasteiger partial charge in [-0.1, -0.05) is 41.4 Å². The minimum absolute atomic E-state index is 0.386. The van der Waals surface area contributed by atoms with Crippen LogP contribution in [-0.4, -0.2) is 17.2 Å². The van der Waals surface area contributed by atoms with Crippen LogP contribution in [0.2, 0.25) is 5.02 Å². The van der Waals surface area contributed by atoms with Crippen molar-refractivity contribution in [2.45, 2.75) is 6.92 Å². The molecule has 4 rings (SSSR count). The highest BCUT2D eigenvalue weighted by molar-refractivity contribution is 7.14. The summed E-state index contributed by atoms with van der Waals surface area (Å²) in [7, 11) is 0. The molecule has 0 spiro atoms. The van der Waals surface area contributed by atoms with Crippen LogP contribution in [0.5, 0.6) is 5.75 Å². The third-order valence-corrected chi connectivity index (χ3v) is 5.39. The molecule has 0 unspecified atom stereocenters. The number of nitrogens with zero attached hydrogens (tertiary/aromatic N) is 2. The SMILES string of the molecule is Cc1ccc(C(=O)Oc2ccc(/C=N\Nc3nc(-c4ccc(Cl)cc4)cs3)cc2)cc1. The lowest BCUT2D eigenvalue weighted by Gasteiger charge is -2.05. The fraction of sp³-hybridized carbons (Fsp3) is 0.0417. The van der Waals surface area contributed by atoms with Crippen LogP contribution in [-0.2, 0) is 0 Å². The number of anilines is 1. The number of ether oxygens (including phenoxy) is 1. The first-order valence-electron chi connectivity index (χ1n) is 9.46. The molecule has 0 saturated carbocycles. The Bertz CT molecular complexity index is 1200. The van der Waals surface area contributed by atoms with Gasteiger partial charge in [-0.25, -0.2) is 9.78 Å². The van der Waals surface area contributed by atoms with Crippen molar-refractivity contribution in [2.75, 3.05) is 5.43 Å². The lowest BCUT2D eigenvalue weighted by Crippen LogP contribution is -2.08. The maximum atomic E-state index is 12.2. The van der Waals surface area contributed by atoms with Gasteiger partial charge in [-0.05, 0) is 61.0 Å². The molecule has 7 heteroatoms. The first-order chi connectivity index (χ1) is 15.1. The van der Waals surface area contributed by atoms with Gasteiger partial charge >= 0.3 is 5.97 Å². The van der Waals surface area contributed by atoms with Crippen molar-refractivity contribution in [1.29, 1.82) is 0 Å². The second kappa shape index (κ2) is 9.55. The van der Waals surface area contributed by atoms with Crippen molar-refractivity contribution in [2.24, 2.45) is 5.10 Å². The van der Waals surface area contributed by atoms with Gasteiger partial charge in [0, 0.05) is 16.0 Å².